The van der Waals surface area contributed by atoms with Gasteiger partial charge < -0.3 is 4.74 Å². The van der Waals surface area contributed by atoms with Crippen LogP contribution >= 0.6 is 11.3 Å². The van der Waals surface area contributed by atoms with Gasteiger partial charge in [0.15, 0.2) is 5.82 Å². The van der Waals surface area contributed by atoms with Crippen molar-refractivity contribution in [1.82, 2.24) is 25.1 Å². The highest BCUT2D eigenvalue weighted by molar-refractivity contribution is 7.09. The van der Waals surface area contributed by atoms with E-state index in [1.165, 1.54) is 23.5 Å². The molecule has 1 aliphatic heterocycles. The van der Waals surface area contributed by atoms with Gasteiger partial charge in [0.2, 0.25) is 0 Å². The van der Waals surface area contributed by atoms with Crippen molar-refractivity contribution >= 4 is 11.3 Å². The minimum Gasteiger partial charge on any atom is -0.367 e. The van der Waals surface area contributed by atoms with Crippen LogP contribution in [0.15, 0.2) is 5.38 Å². The predicted octanol–water partition coefficient (Wildman–Crippen LogP) is 2.02. The second-order valence-corrected chi connectivity index (χ2v) is 6.71. The Hall–Kier alpha value is -1.31. The lowest BCUT2D eigenvalue weighted by Crippen LogP contribution is -2.38. The lowest BCUT2D eigenvalue weighted by atomic mass is 10.2. The van der Waals surface area contributed by atoms with E-state index in [1.807, 2.05) is 18.3 Å². The van der Waals surface area contributed by atoms with Crippen LogP contribution in [0.1, 0.15) is 47.2 Å². The van der Waals surface area contributed by atoms with Crippen LogP contribution < -0.4 is 0 Å². The lowest BCUT2D eigenvalue weighted by molar-refractivity contribution is -0.0373. The second-order valence-electron chi connectivity index (χ2n) is 5.82. The average molecular weight is 305 g/mol. The number of nitrogens with one attached hydrogen (secondary N) is 1. The second kappa shape index (κ2) is 5.47. The monoisotopic (exact) mass is 305 g/mol. The fourth-order valence-corrected chi connectivity index (χ4v) is 3.63. The molecule has 4 rings (SSSR count). The van der Waals surface area contributed by atoms with E-state index in [4.69, 9.17) is 9.72 Å². The summed E-state index contributed by atoms with van der Waals surface area (Å²) in [6.07, 6.45) is 2.60. The van der Waals surface area contributed by atoms with Crippen LogP contribution in [0.2, 0.25) is 0 Å². The molecule has 0 aromatic carbocycles. The van der Waals surface area contributed by atoms with Crippen LogP contribution in [0.25, 0.3) is 0 Å². The number of ether oxygens (including phenoxy) is 1. The van der Waals surface area contributed by atoms with E-state index in [-0.39, 0.29) is 6.10 Å². The number of aryl methyl sites for hydroxylation is 1. The SMILES string of the molecule is Cc1nc([C@H]2CN(Cc3csc(C4CC4)n3)CCO2)n[nH]1. The number of aromatic nitrogens is 4. The van der Waals surface area contributed by atoms with Gasteiger partial charge >= 0.3 is 0 Å². The van der Waals surface area contributed by atoms with Gasteiger partial charge in [0.1, 0.15) is 11.9 Å². The third-order valence-corrected chi connectivity index (χ3v) is 4.99. The number of thiazole rings is 1. The summed E-state index contributed by atoms with van der Waals surface area (Å²) in [7, 11) is 0. The maximum absolute atomic E-state index is 5.79. The molecule has 0 radical (unpaired) electrons. The highest BCUT2D eigenvalue weighted by atomic mass is 32.1. The van der Waals surface area contributed by atoms with Gasteiger partial charge in [-0.25, -0.2) is 9.97 Å². The molecule has 7 heteroatoms. The molecule has 0 bridgehead atoms. The smallest absolute Gasteiger partial charge is 0.180 e. The van der Waals surface area contributed by atoms with Crippen LogP contribution in [-0.4, -0.2) is 44.8 Å². The molecular weight excluding hydrogens is 286 g/mol. The molecule has 1 saturated heterocycles. The van der Waals surface area contributed by atoms with Gasteiger partial charge in [-0.1, -0.05) is 0 Å². The molecule has 2 aromatic rings. The van der Waals surface area contributed by atoms with Crippen molar-refractivity contribution in [3.63, 3.8) is 0 Å². The van der Waals surface area contributed by atoms with Crippen molar-refractivity contribution in [3.05, 3.63) is 27.7 Å². The van der Waals surface area contributed by atoms with Crippen molar-refractivity contribution in [2.45, 2.75) is 38.3 Å². The molecule has 2 fully saturated rings. The Morgan fingerprint density at radius 2 is 2.33 bits per heavy atom. The van der Waals surface area contributed by atoms with Gasteiger partial charge in [0.05, 0.1) is 17.3 Å². The van der Waals surface area contributed by atoms with Gasteiger partial charge in [0, 0.05) is 30.9 Å². The van der Waals surface area contributed by atoms with Gasteiger partial charge in [0.25, 0.3) is 0 Å². The molecule has 112 valence electrons. The first kappa shape index (κ1) is 13.4. The number of hydrogen-bond donors (Lipinski definition) is 1. The molecule has 2 aromatic heterocycles. The largest absolute Gasteiger partial charge is 0.367 e. The van der Waals surface area contributed by atoms with Crippen LogP contribution in [-0.2, 0) is 11.3 Å². The summed E-state index contributed by atoms with van der Waals surface area (Å²) in [5.74, 6) is 2.34. The molecule has 3 heterocycles. The summed E-state index contributed by atoms with van der Waals surface area (Å²) in [6.45, 7) is 5.29. The Balaban J connectivity index is 1.40. The van der Waals surface area contributed by atoms with Crippen molar-refractivity contribution in [1.29, 1.82) is 0 Å². The van der Waals surface area contributed by atoms with E-state index < -0.39 is 0 Å². The molecular formula is C14H19N5OS. The zero-order valence-corrected chi connectivity index (χ0v) is 12.9. The normalized spacial score (nSPS) is 23.6. The molecule has 1 saturated carbocycles. The van der Waals surface area contributed by atoms with Crippen LogP contribution in [0.3, 0.4) is 0 Å². The number of rotatable bonds is 4. The molecule has 6 nitrogen and oxygen atoms in total. The summed E-state index contributed by atoms with van der Waals surface area (Å²) >= 11 is 1.81. The number of hydrogen-bond acceptors (Lipinski definition) is 6. The third kappa shape index (κ3) is 3.00. The highest BCUT2D eigenvalue weighted by Crippen LogP contribution is 2.41. The Morgan fingerprint density at radius 3 is 3.10 bits per heavy atom. The standard InChI is InChI=1S/C14H19N5OS/c1-9-15-13(18-17-9)12-7-19(4-5-20-12)6-11-8-21-14(16-11)10-2-3-10/h8,10,12H,2-7H2,1H3,(H,15,17,18)/t12-/m1/s1. The average Bonchev–Trinajstić information content (AvgIpc) is 3.09. The molecule has 0 spiro atoms. The maximum Gasteiger partial charge on any atom is 0.180 e. The van der Waals surface area contributed by atoms with Crippen molar-refractivity contribution in [2.24, 2.45) is 0 Å². The third-order valence-electron chi connectivity index (χ3n) is 3.93. The Bertz CT molecular complexity index is 620. The molecule has 21 heavy (non-hydrogen) atoms. The van der Waals surface area contributed by atoms with Gasteiger partial charge in [-0.15, -0.1) is 11.3 Å². The van der Waals surface area contributed by atoms with E-state index in [1.54, 1.807) is 0 Å². The van der Waals surface area contributed by atoms with Gasteiger partial charge in [-0.2, -0.15) is 5.10 Å². The van der Waals surface area contributed by atoms with Crippen LogP contribution in [0, 0.1) is 6.92 Å². The van der Waals surface area contributed by atoms with Crippen molar-refractivity contribution < 1.29 is 4.74 Å². The molecule has 1 atom stereocenters. The topological polar surface area (TPSA) is 66.9 Å². The fourth-order valence-electron chi connectivity index (χ4n) is 2.65. The van der Waals surface area contributed by atoms with Crippen LogP contribution in [0.5, 0.6) is 0 Å². The summed E-state index contributed by atoms with van der Waals surface area (Å²) in [6, 6.07) is 0. The summed E-state index contributed by atoms with van der Waals surface area (Å²) in [4.78, 5) is 11.5. The van der Waals surface area contributed by atoms with E-state index in [0.717, 1.165) is 43.8 Å². The summed E-state index contributed by atoms with van der Waals surface area (Å²) < 4.78 is 5.79. The minimum atomic E-state index is -0.0368. The molecule has 0 unspecified atom stereocenters. The van der Waals surface area contributed by atoms with Gasteiger partial charge in [-0.3, -0.25) is 10.00 Å². The predicted molar refractivity (Wildman–Crippen MR) is 79.2 cm³/mol. The molecule has 2 aliphatic rings. The number of nitrogens with zero attached hydrogens (tertiary/aromatic N) is 4. The molecule has 0 amide bonds. The maximum atomic E-state index is 5.79. The lowest BCUT2D eigenvalue weighted by Gasteiger charge is -2.30. The Kier molecular flexibility index (Phi) is 3.48. The highest BCUT2D eigenvalue weighted by Gasteiger charge is 2.28. The Labute approximate surface area is 127 Å². The first-order valence-electron chi connectivity index (χ1n) is 7.45. The fraction of sp³-hybridized carbons (Fsp3) is 0.643. The first-order chi connectivity index (χ1) is 10.3. The minimum absolute atomic E-state index is 0.0368. The zero-order valence-electron chi connectivity index (χ0n) is 12.1. The van der Waals surface area contributed by atoms with E-state index in [2.05, 4.69) is 25.5 Å². The zero-order chi connectivity index (χ0) is 14.2. The summed E-state index contributed by atoms with van der Waals surface area (Å²) in [5.41, 5.74) is 1.19. The first-order valence-corrected chi connectivity index (χ1v) is 8.33. The quantitative estimate of drug-likeness (QED) is 0.936. The summed E-state index contributed by atoms with van der Waals surface area (Å²) in [5, 5.41) is 10.6. The van der Waals surface area contributed by atoms with Gasteiger partial charge in [-0.05, 0) is 19.8 Å². The van der Waals surface area contributed by atoms with Crippen molar-refractivity contribution in [2.75, 3.05) is 19.7 Å². The number of morpholine rings is 1. The van der Waals surface area contributed by atoms with E-state index in [0.29, 0.717) is 0 Å². The van der Waals surface area contributed by atoms with Crippen molar-refractivity contribution in [3.8, 4) is 0 Å². The Morgan fingerprint density at radius 1 is 1.43 bits per heavy atom. The number of H-pyrrole nitrogens is 1. The van der Waals surface area contributed by atoms with Crippen LogP contribution in [0.4, 0.5) is 0 Å². The molecule has 1 aliphatic carbocycles. The number of aromatic amines is 1. The van der Waals surface area contributed by atoms with E-state index in [9.17, 15) is 0 Å². The molecule has 1 N–H and O–H groups in total. The van der Waals surface area contributed by atoms with E-state index >= 15 is 0 Å².